The van der Waals surface area contributed by atoms with Crippen LogP contribution in [0.15, 0.2) is 34.9 Å². The maximum Gasteiger partial charge on any atom is 0.152 e. The van der Waals surface area contributed by atoms with E-state index in [1.165, 1.54) is 12.1 Å². The largest absolute Gasteiger partial charge is 0.508 e. The minimum absolute atomic E-state index is 0.101. The highest BCUT2D eigenvalue weighted by Gasteiger charge is 2.13. The van der Waals surface area contributed by atoms with Crippen LogP contribution in [0.2, 0.25) is 5.15 Å². The Labute approximate surface area is 123 Å². The summed E-state index contributed by atoms with van der Waals surface area (Å²) in [4.78, 5) is 3.98. The van der Waals surface area contributed by atoms with Crippen molar-refractivity contribution in [2.45, 2.75) is 13.0 Å². The zero-order chi connectivity index (χ0) is 14.0. The quantitative estimate of drug-likeness (QED) is 0.804. The summed E-state index contributed by atoms with van der Waals surface area (Å²) < 4.78 is 14.5. The summed E-state index contributed by atoms with van der Waals surface area (Å²) in [5, 5.41) is 12.6. The molecule has 0 saturated carbocycles. The lowest BCUT2D eigenvalue weighted by Gasteiger charge is -2.17. The maximum atomic E-state index is 13.7. The number of hydrogen-bond acceptors (Lipinski definition) is 3. The number of aromatic nitrogens is 1. The minimum Gasteiger partial charge on any atom is -0.508 e. The van der Waals surface area contributed by atoms with Crippen molar-refractivity contribution in [3.05, 3.63) is 51.5 Å². The topological polar surface area (TPSA) is 45.2 Å². The molecule has 2 aromatic rings. The van der Waals surface area contributed by atoms with Crippen molar-refractivity contribution in [2.24, 2.45) is 0 Å². The van der Waals surface area contributed by atoms with E-state index in [-0.39, 0.29) is 11.8 Å². The van der Waals surface area contributed by atoms with Gasteiger partial charge in [-0.15, -0.1) is 0 Å². The number of phenols is 1. The first-order valence-electron chi connectivity index (χ1n) is 5.53. The molecule has 1 unspecified atom stereocenters. The van der Waals surface area contributed by atoms with Crippen molar-refractivity contribution in [1.29, 1.82) is 0 Å². The highest BCUT2D eigenvalue weighted by Crippen LogP contribution is 2.29. The molecule has 0 fully saturated rings. The van der Waals surface area contributed by atoms with E-state index >= 15 is 0 Å². The molecule has 6 heteroatoms. The fourth-order valence-electron chi connectivity index (χ4n) is 1.70. The molecule has 0 radical (unpaired) electrons. The van der Waals surface area contributed by atoms with Crippen molar-refractivity contribution >= 4 is 33.2 Å². The van der Waals surface area contributed by atoms with Gasteiger partial charge < -0.3 is 10.4 Å². The van der Waals surface area contributed by atoms with Gasteiger partial charge in [-0.3, -0.25) is 0 Å². The second-order valence-corrected chi connectivity index (χ2v) is 5.34. The molecule has 1 aromatic heterocycles. The number of anilines is 1. The second-order valence-electron chi connectivity index (χ2n) is 4.06. The number of pyridine rings is 1. The van der Waals surface area contributed by atoms with Crippen LogP contribution in [-0.4, -0.2) is 10.1 Å². The Balaban J connectivity index is 2.25. The molecule has 2 N–H and O–H groups in total. The third-order valence-electron chi connectivity index (χ3n) is 2.63. The van der Waals surface area contributed by atoms with Crippen molar-refractivity contribution in [3.8, 4) is 5.75 Å². The standard InChI is InChI=1S/C13H11BrClFN2O/c1-7(10-3-2-9(19)5-11(10)16)18-12-4-8(14)6-17-13(12)15/h2-7,18-19H,1H3. The number of rotatable bonds is 3. The van der Waals surface area contributed by atoms with E-state index in [0.717, 1.165) is 10.5 Å². The van der Waals surface area contributed by atoms with Crippen LogP contribution in [0.1, 0.15) is 18.5 Å². The first-order valence-corrected chi connectivity index (χ1v) is 6.70. The fourth-order valence-corrected chi connectivity index (χ4v) is 2.19. The Morgan fingerprint density at radius 3 is 2.84 bits per heavy atom. The molecule has 1 heterocycles. The van der Waals surface area contributed by atoms with Gasteiger partial charge in [-0.2, -0.15) is 0 Å². The third-order valence-corrected chi connectivity index (χ3v) is 3.36. The Kier molecular flexibility index (Phi) is 4.27. The normalized spacial score (nSPS) is 12.2. The molecule has 1 aromatic carbocycles. The minimum atomic E-state index is -0.473. The van der Waals surface area contributed by atoms with Gasteiger partial charge in [0.25, 0.3) is 0 Å². The monoisotopic (exact) mass is 344 g/mol. The molecule has 0 aliphatic carbocycles. The lowest BCUT2D eigenvalue weighted by molar-refractivity contribution is 0.467. The van der Waals surface area contributed by atoms with E-state index < -0.39 is 5.82 Å². The molecule has 1 atom stereocenters. The van der Waals surface area contributed by atoms with E-state index in [9.17, 15) is 9.50 Å². The van der Waals surface area contributed by atoms with Crippen molar-refractivity contribution < 1.29 is 9.50 Å². The highest BCUT2D eigenvalue weighted by molar-refractivity contribution is 9.10. The molecule has 0 saturated heterocycles. The number of aromatic hydroxyl groups is 1. The van der Waals surface area contributed by atoms with Crippen LogP contribution in [0.4, 0.5) is 10.1 Å². The van der Waals surface area contributed by atoms with E-state index in [2.05, 4.69) is 26.2 Å². The van der Waals surface area contributed by atoms with Crippen LogP contribution in [-0.2, 0) is 0 Å². The molecule has 0 spiro atoms. The van der Waals surface area contributed by atoms with Crippen LogP contribution in [0.25, 0.3) is 0 Å². The summed E-state index contributed by atoms with van der Waals surface area (Å²) in [5.41, 5.74) is 1.05. The summed E-state index contributed by atoms with van der Waals surface area (Å²) in [6.45, 7) is 1.80. The number of benzene rings is 1. The fraction of sp³-hybridized carbons (Fsp3) is 0.154. The molecular weight excluding hydrogens is 335 g/mol. The van der Waals surface area contributed by atoms with Gasteiger partial charge in [-0.25, -0.2) is 9.37 Å². The van der Waals surface area contributed by atoms with Crippen LogP contribution in [0.5, 0.6) is 5.75 Å². The van der Waals surface area contributed by atoms with Crippen LogP contribution >= 0.6 is 27.5 Å². The van der Waals surface area contributed by atoms with E-state index in [1.807, 2.05) is 0 Å². The SMILES string of the molecule is CC(Nc1cc(Br)cnc1Cl)c1ccc(O)cc1F. The smallest absolute Gasteiger partial charge is 0.152 e. The zero-order valence-electron chi connectivity index (χ0n) is 9.99. The molecule has 100 valence electrons. The average Bonchev–Trinajstić information content (AvgIpc) is 2.33. The average molecular weight is 346 g/mol. The summed E-state index contributed by atoms with van der Waals surface area (Å²) >= 11 is 9.26. The zero-order valence-corrected chi connectivity index (χ0v) is 12.3. The van der Waals surface area contributed by atoms with Gasteiger partial charge in [0.05, 0.1) is 11.7 Å². The van der Waals surface area contributed by atoms with Gasteiger partial charge in [0.1, 0.15) is 11.6 Å². The lowest BCUT2D eigenvalue weighted by Crippen LogP contribution is -2.09. The highest BCUT2D eigenvalue weighted by atomic mass is 79.9. The first kappa shape index (κ1) is 14.1. The maximum absolute atomic E-state index is 13.7. The third kappa shape index (κ3) is 3.36. The Hall–Kier alpha value is -1.33. The molecule has 19 heavy (non-hydrogen) atoms. The predicted molar refractivity (Wildman–Crippen MR) is 77.0 cm³/mol. The molecule has 3 nitrogen and oxygen atoms in total. The molecule has 2 rings (SSSR count). The first-order chi connectivity index (χ1) is 8.97. The number of nitrogens with zero attached hydrogens (tertiary/aromatic N) is 1. The Morgan fingerprint density at radius 2 is 2.16 bits per heavy atom. The summed E-state index contributed by atoms with van der Waals surface area (Å²) in [7, 11) is 0. The van der Waals surface area contributed by atoms with Crippen molar-refractivity contribution in [2.75, 3.05) is 5.32 Å². The van der Waals surface area contributed by atoms with E-state index in [4.69, 9.17) is 11.6 Å². The van der Waals surface area contributed by atoms with E-state index in [0.29, 0.717) is 16.4 Å². The second kappa shape index (κ2) is 5.75. The van der Waals surface area contributed by atoms with E-state index in [1.54, 1.807) is 19.2 Å². The number of phenolic OH excluding ortho intramolecular Hbond substituents is 1. The molecule has 0 bridgehead atoms. The van der Waals surface area contributed by atoms with Gasteiger partial charge in [0, 0.05) is 22.3 Å². The molecule has 0 aliphatic heterocycles. The summed E-state index contributed by atoms with van der Waals surface area (Å²) in [5.74, 6) is -0.574. The number of nitrogens with one attached hydrogen (secondary N) is 1. The molecular formula is C13H11BrClFN2O. The summed E-state index contributed by atoms with van der Waals surface area (Å²) in [6, 6.07) is 5.51. The Morgan fingerprint density at radius 1 is 1.42 bits per heavy atom. The number of halogens is 3. The molecule has 0 aliphatic rings. The van der Waals surface area contributed by atoms with Gasteiger partial charge in [-0.1, -0.05) is 17.7 Å². The lowest BCUT2D eigenvalue weighted by atomic mass is 10.1. The van der Waals surface area contributed by atoms with Crippen molar-refractivity contribution in [3.63, 3.8) is 0 Å². The molecule has 0 amide bonds. The van der Waals surface area contributed by atoms with Crippen LogP contribution in [0.3, 0.4) is 0 Å². The Bertz CT molecular complexity index is 609. The number of hydrogen-bond donors (Lipinski definition) is 2. The summed E-state index contributed by atoms with van der Waals surface area (Å²) in [6.07, 6.45) is 1.58. The van der Waals surface area contributed by atoms with Crippen molar-refractivity contribution in [1.82, 2.24) is 4.98 Å². The van der Waals surface area contributed by atoms with Crippen LogP contribution in [0, 0.1) is 5.82 Å². The van der Waals surface area contributed by atoms with Crippen LogP contribution < -0.4 is 5.32 Å². The van der Waals surface area contributed by atoms with Gasteiger partial charge in [0.2, 0.25) is 0 Å². The predicted octanol–water partition coefficient (Wildman–Crippen LogP) is 4.52. The van der Waals surface area contributed by atoms with Gasteiger partial charge in [-0.05, 0) is 35.0 Å². The van der Waals surface area contributed by atoms with Gasteiger partial charge in [0.15, 0.2) is 5.15 Å². The van der Waals surface area contributed by atoms with Gasteiger partial charge >= 0.3 is 0 Å².